The van der Waals surface area contributed by atoms with E-state index in [1.54, 1.807) is 16.7 Å². The zero-order valence-electron chi connectivity index (χ0n) is 32.2. The van der Waals surface area contributed by atoms with Crippen molar-refractivity contribution in [2.75, 3.05) is 32.9 Å². The van der Waals surface area contributed by atoms with Crippen molar-refractivity contribution in [2.24, 2.45) is 0 Å². The Kier molecular flexibility index (Phi) is 13.4. The maximum absolute atomic E-state index is 12.7. The molecule has 14 nitrogen and oxygen atoms in total. The van der Waals surface area contributed by atoms with Gasteiger partial charge in [-0.1, -0.05) is 86.3 Å². The van der Waals surface area contributed by atoms with Gasteiger partial charge in [0, 0.05) is 30.4 Å². The molecule has 2 fully saturated rings. The van der Waals surface area contributed by atoms with Gasteiger partial charge in [0.2, 0.25) is 11.8 Å². The van der Waals surface area contributed by atoms with Crippen LogP contribution in [0.2, 0.25) is 0 Å². The molecule has 0 saturated heterocycles. The molecule has 300 valence electrons. The molecule has 0 radical (unpaired) electrons. The average Bonchev–Trinajstić information content (AvgIpc) is 3.65. The van der Waals surface area contributed by atoms with Crippen molar-refractivity contribution in [2.45, 2.75) is 101 Å². The number of ether oxygens (including phenoxy) is 1. The molecule has 6 atom stereocenters. The topological polar surface area (TPSA) is 190 Å². The van der Waals surface area contributed by atoms with Crippen LogP contribution in [0, 0.1) is 0 Å². The number of nitrogens with zero attached hydrogens (tertiary/aromatic N) is 2. The van der Waals surface area contributed by atoms with E-state index in [0.717, 1.165) is 73.9 Å². The minimum Gasteiger partial charge on any atom is -0.466 e. The zero-order valence-corrected chi connectivity index (χ0v) is 32.2. The van der Waals surface area contributed by atoms with Gasteiger partial charge in [0.05, 0.1) is 55.0 Å². The molecule has 2 aromatic carbocycles. The summed E-state index contributed by atoms with van der Waals surface area (Å²) in [4.78, 5) is 64.0. The van der Waals surface area contributed by atoms with Crippen molar-refractivity contribution < 1.29 is 38.9 Å². The first-order chi connectivity index (χ1) is 27.2. The average molecular weight is 771 g/mol. The number of nitrogens with one attached hydrogen (secondary N) is 4. The number of esters is 1. The lowest BCUT2D eigenvalue weighted by Crippen LogP contribution is -2.54. The summed E-state index contributed by atoms with van der Waals surface area (Å²) in [6.45, 7) is 3.51. The second-order valence-corrected chi connectivity index (χ2v) is 14.8. The van der Waals surface area contributed by atoms with Crippen molar-refractivity contribution in [1.82, 2.24) is 31.1 Å². The Morgan fingerprint density at radius 2 is 1.05 bits per heavy atom. The third-order valence-corrected chi connectivity index (χ3v) is 11.4. The quantitative estimate of drug-likeness (QED) is 0.246. The summed E-state index contributed by atoms with van der Waals surface area (Å²) in [5.41, 5.74) is 4.82. The number of carbonyl (C=O) groups excluding carboxylic acids is 5. The van der Waals surface area contributed by atoms with Crippen LogP contribution in [0.3, 0.4) is 0 Å². The molecule has 8 rings (SSSR count). The second kappa shape index (κ2) is 18.6. The summed E-state index contributed by atoms with van der Waals surface area (Å²) in [5, 5.41) is 32.1. The highest BCUT2D eigenvalue weighted by molar-refractivity contribution is 6.00. The third-order valence-electron chi connectivity index (χ3n) is 11.4. The van der Waals surface area contributed by atoms with Gasteiger partial charge in [-0.25, -0.2) is 0 Å². The van der Waals surface area contributed by atoms with Gasteiger partial charge in [-0.05, 0) is 43.7 Å². The van der Waals surface area contributed by atoms with Crippen LogP contribution in [0.5, 0.6) is 0 Å². The summed E-state index contributed by atoms with van der Waals surface area (Å²) in [6.07, 6.45) is 8.01. The van der Waals surface area contributed by atoms with E-state index in [-0.39, 0.29) is 53.8 Å². The maximum atomic E-state index is 12.7. The van der Waals surface area contributed by atoms with Crippen molar-refractivity contribution in [1.29, 1.82) is 0 Å². The molecule has 0 unspecified atom stereocenters. The minimum atomic E-state index is -0.545. The van der Waals surface area contributed by atoms with E-state index in [0.29, 0.717) is 30.8 Å². The van der Waals surface area contributed by atoms with E-state index in [1.807, 2.05) is 60.7 Å². The molecular formula is C42H54N6O8. The minimum absolute atomic E-state index is 0.0167. The molecule has 14 heteroatoms. The maximum Gasteiger partial charge on any atom is 0.302 e. The van der Waals surface area contributed by atoms with E-state index < -0.39 is 25.3 Å². The molecule has 4 amide bonds. The summed E-state index contributed by atoms with van der Waals surface area (Å²) in [5.74, 6) is -1.11. The molecule has 0 aromatic heterocycles. The molecule has 6 N–H and O–H groups in total. The number of rotatable bonds is 5. The number of hydrogen-bond acceptors (Lipinski definition) is 10. The van der Waals surface area contributed by atoms with Crippen LogP contribution in [0.4, 0.5) is 0 Å². The van der Waals surface area contributed by atoms with Crippen molar-refractivity contribution in [3.8, 4) is 0 Å². The molecule has 56 heavy (non-hydrogen) atoms. The number of hydrogen-bond donors (Lipinski definition) is 6. The summed E-state index contributed by atoms with van der Waals surface area (Å²) in [7, 11) is 0. The Balaban J connectivity index is 0.000000166. The van der Waals surface area contributed by atoms with Gasteiger partial charge in [0.15, 0.2) is 0 Å². The fourth-order valence-corrected chi connectivity index (χ4v) is 9.11. The lowest BCUT2D eigenvalue weighted by Gasteiger charge is -2.42. The van der Waals surface area contributed by atoms with Crippen molar-refractivity contribution in [3.05, 3.63) is 94.3 Å². The number of aliphatic hydroxyl groups excluding tert-OH is 2. The SMILES string of the molecule is CCOC(C)=O.O=C1NCC2=C1[C@@H](c1ccccc1)N(C(=O)CO)[C@@H]1CCCC[C@H]1N2.O=C1NCC2=C1[C@@H](c1ccccc1)N(C(=O)CO)[C@@H]1CCCC[C@H]1N2. The smallest absolute Gasteiger partial charge is 0.302 e. The molecule has 4 aliphatic heterocycles. The van der Waals surface area contributed by atoms with Crippen LogP contribution in [0.15, 0.2) is 83.2 Å². The second-order valence-electron chi connectivity index (χ2n) is 14.8. The molecule has 2 saturated carbocycles. The molecule has 0 bridgehead atoms. The summed E-state index contributed by atoms with van der Waals surface area (Å²) < 4.78 is 4.40. The van der Waals surface area contributed by atoms with Gasteiger partial charge < -0.3 is 46.0 Å². The van der Waals surface area contributed by atoms with Crippen molar-refractivity contribution >= 4 is 29.6 Å². The Bertz CT molecular complexity index is 1690. The van der Waals surface area contributed by atoms with Gasteiger partial charge in [-0.3, -0.25) is 24.0 Å². The van der Waals surface area contributed by atoms with Gasteiger partial charge in [-0.15, -0.1) is 0 Å². The number of carbonyl (C=O) groups is 5. The standard InChI is InChI=1S/2C19H23N3O3.C4H8O2/c2*23-11-16(24)22-15-9-5-4-8-13(15)21-14-10-20-19(25)17(14)18(22)12-6-2-1-3-7-12;1-3-6-4(2)5/h2*1-3,6-7,13,15,18,21,23H,4-5,8-11H2,(H,20,25);3H2,1-2H3/t2*13-,15-,18-;/m11./s1. The highest BCUT2D eigenvalue weighted by Gasteiger charge is 2.47. The summed E-state index contributed by atoms with van der Waals surface area (Å²) >= 11 is 0. The van der Waals surface area contributed by atoms with Gasteiger partial charge in [-0.2, -0.15) is 0 Å². The fourth-order valence-electron chi connectivity index (χ4n) is 9.11. The Morgan fingerprint density at radius 3 is 1.39 bits per heavy atom. The number of aliphatic hydroxyl groups is 2. The van der Waals surface area contributed by atoms with E-state index in [1.165, 1.54) is 6.92 Å². The zero-order chi connectivity index (χ0) is 39.8. The molecule has 2 aromatic rings. The lowest BCUT2D eigenvalue weighted by molar-refractivity contribution is -0.141. The predicted octanol–water partition coefficient (Wildman–Crippen LogP) is 2.26. The van der Waals surface area contributed by atoms with Crippen LogP contribution in [-0.2, 0) is 28.7 Å². The van der Waals surface area contributed by atoms with E-state index in [4.69, 9.17) is 0 Å². The molecule has 0 spiro atoms. The van der Waals surface area contributed by atoms with Crippen LogP contribution >= 0.6 is 0 Å². The Morgan fingerprint density at radius 1 is 0.661 bits per heavy atom. The molecule has 6 aliphatic rings. The molecule has 2 aliphatic carbocycles. The van der Waals surface area contributed by atoms with Gasteiger partial charge in [0.25, 0.3) is 11.8 Å². The largest absolute Gasteiger partial charge is 0.466 e. The molecular weight excluding hydrogens is 716 g/mol. The number of amides is 4. The predicted molar refractivity (Wildman–Crippen MR) is 207 cm³/mol. The van der Waals surface area contributed by atoms with Crippen LogP contribution in [0.1, 0.15) is 88.4 Å². The van der Waals surface area contributed by atoms with E-state index in [2.05, 4.69) is 26.0 Å². The number of fused-ring (bicyclic) bond motifs is 2. The normalized spacial score (nSPS) is 26.4. The number of benzene rings is 2. The first-order valence-electron chi connectivity index (χ1n) is 19.8. The highest BCUT2D eigenvalue weighted by atomic mass is 16.5. The van der Waals surface area contributed by atoms with Crippen molar-refractivity contribution in [3.63, 3.8) is 0 Å². The molecule has 4 heterocycles. The summed E-state index contributed by atoms with van der Waals surface area (Å²) in [6, 6.07) is 18.6. The Hall–Kier alpha value is -5.21. The van der Waals surface area contributed by atoms with Gasteiger partial charge >= 0.3 is 5.97 Å². The first kappa shape index (κ1) is 40.5. The van der Waals surface area contributed by atoms with Crippen LogP contribution < -0.4 is 21.3 Å². The monoisotopic (exact) mass is 770 g/mol. The van der Waals surface area contributed by atoms with E-state index in [9.17, 15) is 34.2 Å². The van der Waals surface area contributed by atoms with Crippen LogP contribution in [0.25, 0.3) is 0 Å². The Labute approximate surface area is 327 Å². The lowest BCUT2D eigenvalue weighted by atomic mass is 9.87. The first-order valence-corrected chi connectivity index (χ1v) is 19.8. The fraction of sp³-hybridized carbons (Fsp3) is 0.500. The highest BCUT2D eigenvalue weighted by Crippen LogP contribution is 2.42. The third kappa shape index (κ3) is 8.61. The van der Waals surface area contributed by atoms with Gasteiger partial charge in [0.1, 0.15) is 13.2 Å². The van der Waals surface area contributed by atoms with E-state index >= 15 is 0 Å². The van der Waals surface area contributed by atoms with Crippen LogP contribution in [-0.4, -0.2) is 107 Å².